The summed E-state index contributed by atoms with van der Waals surface area (Å²) in [6, 6.07) is 0. The van der Waals surface area contributed by atoms with Gasteiger partial charge in [0.05, 0.1) is 0 Å². The molecule has 8 heavy (non-hydrogen) atoms. The molecular formula is C4H5Cl2OP. The predicted molar refractivity (Wildman–Crippen MR) is 38.6 cm³/mol. The molecule has 0 unspecified atom stereocenters. The lowest BCUT2D eigenvalue weighted by Crippen LogP contribution is -1.45. The summed E-state index contributed by atoms with van der Waals surface area (Å²) < 4.78 is 10.4. The third-order valence-electron chi connectivity index (χ3n) is 0.396. The van der Waals surface area contributed by atoms with Gasteiger partial charge in [-0.05, 0) is 22.5 Å². The Morgan fingerprint density at radius 3 is 2.12 bits per heavy atom. The highest BCUT2D eigenvalue weighted by molar-refractivity contribution is 8.10. The van der Waals surface area contributed by atoms with Crippen molar-refractivity contribution >= 4 is 28.3 Å². The number of allylic oxidation sites excluding steroid dienone is 2. The van der Waals surface area contributed by atoms with Crippen LogP contribution in [0.3, 0.4) is 0 Å². The van der Waals surface area contributed by atoms with Gasteiger partial charge in [0.2, 0.25) is 0 Å². The van der Waals surface area contributed by atoms with Gasteiger partial charge in [-0.15, -0.1) is 0 Å². The van der Waals surface area contributed by atoms with Crippen molar-refractivity contribution in [2.75, 3.05) is 0 Å². The molecule has 0 aromatic carbocycles. The highest BCUT2D eigenvalue weighted by atomic mass is 35.9. The van der Waals surface area contributed by atoms with Crippen molar-refractivity contribution < 1.29 is 4.57 Å². The molecule has 0 aliphatic carbocycles. The highest BCUT2D eigenvalue weighted by Crippen LogP contribution is 2.57. The molecule has 0 fully saturated rings. The van der Waals surface area contributed by atoms with Crippen LogP contribution in [-0.2, 0) is 4.57 Å². The fourth-order valence-corrected chi connectivity index (χ4v) is 0.874. The molecule has 46 valence electrons. The lowest BCUT2D eigenvalue weighted by Gasteiger charge is -1.85. The van der Waals surface area contributed by atoms with Gasteiger partial charge in [-0.2, -0.15) is 0 Å². The van der Waals surface area contributed by atoms with Crippen molar-refractivity contribution in [1.29, 1.82) is 0 Å². The maximum absolute atomic E-state index is 10.4. The first kappa shape index (κ1) is 8.29. The third kappa shape index (κ3) is 6.29. The third-order valence-corrected chi connectivity index (χ3v) is 1.59. The largest absolute Gasteiger partial charge is 0.285 e. The van der Waals surface area contributed by atoms with Crippen LogP contribution in [0.25, 0.3) is 0 Å². The van der Waals surface area contributed by atoms with Crippen molar-refractivity contribution in [2.45, 2.75) is 0 Å². The highest BCUT2D eigenvalue weighted by Gasteiger charge is 2.04. The molecular weight excluding hydrogens is 166 g/mol. The maximum Gasteiger partial charge on any atom is 0.274 e. The van der Waals surface area contributed by atoms with Crippen molar-refractivity contribution in [1.82, 2.24) is 0 Å². The average molecular weight is 171 g/mol. The molecule has 0 spiro atoms. The molecule has 0 atom stereocenters. The Hall–Kier alpha value is 0.290. The maximum atomic E-state index is 10.4. The molecule has 0 N–H and O–H groups in total. The first-order valence-electron chi connectivity index (χ1n) is 1.85. The van der Waals surface area contributed by atoms with E-state index in [9.17, 15) is 4.57 Å². The second kappa shape index (κ2) is 3.34. The Bertz CT molecular complexity index is 146. The number of rotatable bonds is 2. The van der Waals surface area contributed by atoms with Gasteiger partial charge < -0.3 is 0 Å². The van der Waals surface area contributed by atoms with Gasteiger partial charge in [0.25, 0.3) is 5.85 Å². The average Bonchev–Trinajstić information content (AvgIpc) is 1.59. The molecule has 1 nitrogen and oxygen atoms in total. The smallest absolute Gasteiger partial charge is 0.274 e. The summed E-state index contributed by atoms with van der Waals surface area (Å²) in [4.78, 5) is 0. The van der Waals surface area contributed by atoms with E-state index in [0.717, 1.165) is 0 Å². The molecule has 0 heterocycles. The summed E-state index contributed by atoms with van der Waals surface area (Å²) in [6.07, 6.45) is 2.90. The molecule has 0 bridgehead atoms. The van der Waals surface area contributed by atoms with E-state index in [-0.39, 0.29) is 0 Å². The summed E-state index contributed by atoms with van der Waals surface area (Å²) in [5.41, 5.74) is 0. The monoisotopic (exact) mass is 170 g/mol. The normalized spacial score (nSPS) is 12.2. The number of halogens is 2. The van der Waals surface area contributed by atoms with E-state index in [1.807, 2.05) is 0 Å². The van der Waals surface area contributed by atoms with Crippen LogP contribution in [0.4, 0.5) is 0 Å². The van der Waals surface area contributed by atoms with E-state index in [1.54, 1.807) is 0 Å². The fraction of sp³-hybridized carbons (Fsp3) is 0. The van der Waals surface area contributed by atoms with Gasteiger partial charge in [-0.1, -0.05) is 18.7 Å². The van der Waals surface area contributed by atoms with E-state index >= 15 is 0 Å². The first-order chi connectivity index (χ1) is 3.56. The number of hydrogen-bond donors (Lipinski definition) is 0. The lowest BCUT2D eigenvalue weighted by molar-refractivity contribution is 0.597. The van der Waals surface area contributed by atoms with E-state index in [4.69, 9.17) is 22.5 Å². The van der Waals surface area contributed by atoms with Gasteiger partial charge in [0, 0.05) is 5.82 Å². The molecule has 4 heteroatoms. The van der Waals surface area contributed by atoms with Gasteiger partial charge in [-0.3, -0.25) is 4.57 Å². The zero-order valence-corrected chi connectivity index (χ0v) is 6.46. The standard InChI is InChI=1S/C4H5Cl2OP/c1-2-3-4-8(5,6)7/h2-4H,1H2/b4-3+. The van der Waals surface area contributed by atoms with Gasteiger partial charge in [0.15, 0.2) is 0 Å². The molecule has 0 aliphatic rings. The topological polar surface area (TPSA) is 17.1 Å². The summed E-state index contributed by atoms with van der Waals surface area (Å²) in [5, 5.41) is 0. The minimum Gasteiger partial charge on any atom is -0.285 e. The van der Waals surface area contributed by atoms with Crippen LogP contribution in [0.2, 0.25) is 0 Å². The minimum absolute atomic E-state index is 1.21. The van der Waals surface area contributed by atoms with E-state index < -0.39 is 5.85 Å². The van der Waals surface area contributed by atoms with Crippen molar-refractivity contribution in [3.63, 3.8) is 0 Å². The predicted octanol–water partition coefficient (Wildman–Crippen LogP) is 3.36. The summed E-state index contributed by atoms with van der Waals surface area (Å²) in [5.74, 6) is -1.78. The number of hydrogen-bond acceptors (Lipinski definition) is 1. The van der Waals surface area contributed by atoms with Crippen LogP contribution in [0.5, 0.6) is 0 Å². The molecule has 0 aromatic rings. The summed E-state index contributed by atoms with van der Waals surface area (Å²) in [6.45, 7) is 3.34. The lowest BCUT2D eigenvalue weighted by atomic mass is 10.6. The molecule has 0 amide bonds. The SMILES string of the molecule is C=C/C=C/P(=O)(Cl)Cl. The molecule has 0 aliphatic heterocycles. The van der Waals surface area contributed by atoms with Crippen molar-refractivity contribution in [2.24, 2.45) is 0 Å². The summed E-state index contributed by atoms with van der Waals surface area (Å²) in [7, 11) is 0. The van der Waals surface area contributed by atoms with Gasteiger partial charge in [0.1, 0.15) is 0 Å². The molecule has 0 saturated heterocycles. The van der Waals surface area contributed by atoms with Crippen LogP contribution < -0.4 is 0 Å². The minimum atomic E-state index is -2.99. The Balaban J connectivity index is 3.89. The summed E-state index contributed by atoms with van der Waals surface area (Å²) >= 11 is 10.2. The quantitative estimate of drug-likeness (QED) is 0.459. The van der Waals surface area contributed by atoms with Crippen LogP contribution in [0, 0.1) is 0 Å². The van der Waals surface area contributed by atoms with Gasteiger partial charge >= 0.3 is 0 Å². The second-order valence-corrected chi connectivity index (χ2v) is 5.92. The van der Waals surface area contributed by atoms with Crippen LogP contribution >= 0.6 is 28.3 Å². The Kier molecular flexibility index (Phi) is 3.46. The van der Waals surface area contributed by atoms with Crippen molar-refractivity contribution in [3.8, 4) is 0 Å². The van der Waals surface area contributed by atoms with E-state index in [1.165, 1.54) is 18.0 Å². The molecule has 0 saturated carbocycles. The Labute approximate surface area is 57.9 Å². The van der Waals surface area contributed by atoms with Crippen molar-refractivity contribution in [3.05, 3.63) is 24.5 Å². The second-order valence-electron chi connectivity index (χ2n) is 1.08. The van der Waals surface area contributed by atoms with Crippen LogP contribution in [-0.4, -0.2) is 0 Å². The first-order valence-corrected chi connectivity index (χ1v) is 5.44. The molecule has 0 rings (SSSR count). The zero-order chi connectivity index (χ0) is 6.62. The van der Waals surface area contributed by atoms with Crippen LogP contribution in [0.15, 0.2) is 24.5 Å². The molecule has 0 aromatic heterocycles. The zero-order valence-electron chi connectivity index (χ0n) is 4.05. The van der Waals surface area contributed by atoms with E-state index in [0.29, 0.717) is 0 Å². The van der Waals surface area contributed by atoms with Crippen LogP contribution in [0.1, 0.15) is 0 Å². The fourth-order valence-electron chi connectivity index (χ4n) is 0.161. The Morgan fingerprint density at radius 2 is 2.00 bits per heavy atom. The van der Waals surface area contributed by atoms with E-state index in [2.05, 4.69) is 6.58 Å². The van der Waals surface area contributed by atoms with Gasteiger partial charge in [-0.25, -0.2) is 0 Å². The molecule has 0 radical (unpaired) electrons. The Morgan fingerprint density at radius 1 is 1.50 bits per heavy atom.